The lowest BCUT2D eigenvalue weighted by molar-refractivity contribution is 1.19. The van der Waals surface area contributed by atoms with E-state index in [4.69, 9.17) is 0 Å². The standard InChI is InChI=1S/C9H12S/c1-2-3-4-6-9-7-5-8-10-9/h3-5,7-8H,2,6H2,1H3. The molecule has 0 aliphatic heterocycles. The topological polar surface area (TPSA) is 0 Å². The van der Waals surface area contributed by atoms with Crippen LogP contribution in [0.25, 0.3) is 0 Å². The van der Waals surface area contributed by atoms with Crippen molar-refractivity contribution in [2.24, 2.45) is 0 Å². The summed E-state index contributed by atoms with van der Waals surface area (Å²) in [6, 6.07) is 4.27. The largest absolute Gasteiger partial charge is 0.149 e. The highest BCUT2D eigenvalue weighted by atomic mass is 32.1. The molecule has 10 heavy (non-hydrogen) atoms. The van der Waals surface area contributed by atoms with E-state index in [1.807, 2.05) is 11.3 Å². The van der Waals surface area contributed by atoms with Crippen LogP contribution < -0.4 is 0 Å². The van der Waals surface area contributed by atoms with Gasteiger partial charge in [0.1, 0.15) is 0 Å². The van der Waals surface area contributed by atoms with E-state index in [1.165, 1.54) is 4.88 Å². The van der Waals surface area contributed by atoms with Crippen LogP contribution in [-0.4, -0.2) is 0 Å². The van der Waals surface area contributed by atoms with Crippen LogP contribution in [-0.2, 0) is 6.42 Å². The molecule has 0 saturated carbocycles. The van der Waals surface area contributed by atoms with E-state index in [0.29, 0.717) is 0 Å². The molecule has 0 amide bonds. The predicted octanol–water partition coefficient (Wildman–Crippen LogP) is 3.26. The van der Waals surface area contributed by atoms with Crippen LogP contribution in [0.1, 0.15) is 18.2 Å². The van der Waals surface area contributed by atoms with Gasteiger partial charge in [-0.15, -0.1) is 11.3 Å². The van der Waals surface area contributed by atoms with Crippen molar-refractivity contribution in [1.82, 2.24) is 0 Å². The molecule has 0 bridgehead atoms. The summed E-state index contributed by atoms with van der Waals surface area (Å²) < 4.78 is 0. The fraction of sp³-hybridized carbons (Fsp3) is 0.333. The van der Waals surface area contributed by atoms with E-state index in [-0.39, 0.29) is 0 Å². The SMILES string of the molecule is CCC=CCc1cccs1. The summed E-state index contributed by atoms with van der Waals surface area (Å²) in [7, 11) is 0. The number of rotatable bonds is 3. The van der Waals surface area contributed by atoms with Gasteiger partial charge in [-0.25, -0.2) is 0 Å². The highest BCUT2D eigenvalue weighted by Crippen LogP contribution is 2.09. The van der Waals surface area contributed by atoms with Gasteiger partial charge >= 0.3 is 0 Å². The van der Waals surface area contributed by atoms with Crippen LogP contribution in [0, 0.1) is 0 Å². The van der Waals surface area contributed by atoms with Gasteiger partial charge in [0, 0.05) is 4.88 Å². The Morgan fingerprint density at radius 1 is 1.50 bits per heavy atom. The van der Waals surface area contributed by atoms with E-state index in [1.54, 1.807) is 0 Å². The van der Waals surface area contributed by atoms with Crippen molar-refractivity contribution in [2.45, 2.75) is 19.8 Å². The third-order valence-electron chi connectivity index (χ3n) is 1.30. The van der Waals surface area contributed by atoms with Gasteiger partial charge in [0.25, 0.3) is 0 Å². The average molecular weight is 152 g/mol. The Balaban J connectivity index is 2.34. The zero-order chi connectivity index (χ0) is 7.23. The summed E-state index contributed by atoms with van der Waals surface area (Å²) in [5.74, 6) is 0. The van der Waals surface area contributed by atoms with Crippen LogP contribution in [0.4, 0.5) is 0 Å². The van der Waals surface area contributed by atoms with E-state index in [2.05, 4.69) is 36.6 Å². The van der Waals surface area contributed by atoms with Crippen LogP contribution in [0.15, 0.2) is 29.7 Å². The second-order valence-corrected chi connectivity index (χ2v) is 3.20. The predicted molar refractivity (Wildman–Crippen MR) is 47.5 cm³/mol. The molecule has 0 radical (unpaired) electrons. The number of allylic oxidation sites excluding steroid dienone is 2. The first-order chi connectivity index (χ1) is 4.93. The van der Waals surface area contributed by atoms with E-state index < -0.39 is 0 Å². The Bertz CT molecular complexity index is 185. The van der Waals surface area contributed by atoms with Crippen molar-refractivity contribution < 1.29 is 0 Å². The summed E-state index contributed by atoms with van der Waals surface area (Å²) in [5, 5.41) is 2.12. The summed E-state index contributed by atoms with van der Waals surface area (Å²) in [5.41, 5.74) is 0. The number of thiophene rings is 1. The maximum atomic E-state index is 2.23. The summed E-state index contributed by atoms with van der Waals surface area (Å²) in [4.78, 5) is 1.45. The molecule has 0 aliphatic carbocycles. The van der Waals surface area contributed by atoms with E-state index in [0.717, 1.165) is 12.8 Å². The Morgan fingerprint density at radius 3 is 3.00 bits per heavy atom. The fourth-order valence-electron chi connectivity index (χ4n) is 0.795. The van der Waals surface area contributed by atoms with Gasteiger partial charge in [-0.2, -0.15) is 0 Å². The molecular weight excluding hydrogens is 140 g/mol. The highest BCUT2D eigenvalue weighted by Gasteiger charge is 1.86. The van der Waals surface area contributed by atoms with Gasteiger partial charge < -0.3 is 0 Å². The van der Waals surface area contributed by atoms with Crippen LogP contribution >= 0.6 is 11.3 Å². The van der Waals surface area contributed by atoms with Crippen molar-refractivity contribution in [3.63, 3.8) is 0 Å². The van der Waals surface area contributed by atoms with Crippen molar-refractivity contribution in [3.8, 4) is 0 Å². The second-order valence-electron chi connectivity index (χ2n) is 2.16. The van der Waals surface area contributed by atoms with Crippen molar-refractivity contribution in [2.75, 3.05) is 0 Å². The van der Waals surface area contributed by atoms with Crippen molar-refractivity contribution in [1.29, 1.82) is 0 Å². The zero-order valence-electron chi connectivity index (χ0n) is 6.21. The van der Waals surface area contributed by atoms with Gasteiger partial charge in [-0.1, -0.05) is 25.1 Å². The maximum Gasteiger partial charge on any atom is 0.00828 e. The molecule has 0 atom stereocenters. The summed E-state index contributed by atoms with van der Waals surface area (Å²) in [6.07, 6.45) is 6.68. The zero-order valence-corrected chi connectivity index (χ0v) is 7.03. The van der Waals surface area contributed by atoms with Gasteiger partial charge in [0.2, 0.25) is 0 Å². The molecule has 1 heteroatoms. The molecule has 0 unspecified atom stereocenters. The molecule has 0 nitrogen and oxygen atoms in total. The van der Waals surface area contributed by atoms with Gasteiger partial charge in [0.05, 0.1) is 0 Å². The lowest BCUT2D eigenvalue weighted by Gasteiger charge is -1.85. The summed E-state index contributed by atoms with van der Waals surface area (Å²) in [6.45, 7) is 2.16. The second kappa shape index (κ2) is 4.29. The molecule has 0 saturated heterocycles. The Morgan fingerprint density at radius 2 is 2.40 bits per heavy atom. The average Bonchev–Trinajstić information content (AvgIpc) is 2.41. The smallest absolute Gasteiger partial charge is 0.00828 e. The minimum Gasteiger partial charge on any atom is -0.149 e. The molecule has 0 aromatic carbocycles. The molecular formula is C9H12S. The Hall–Kier alpha value is -0.560. The quantitative estimate of drug-likeness (QED) is 0.583. The maximum absolute atomic E-state index is 2.23. The Kier molecular flexibility index (Phi) is 3.23. The van der Waals surface area contributed by atoms with Gasteiger partial charge in [-0.3, -0.25) is 0 Å². The molecule has 0 N–H and O–H groups in total. The molecule has 54 valence electrons. The third-order valence-corrected chi connectivity index (χ3v) is 2.20. The number of hydrogen-bond acceptors (Lipinski definition) is 1. The third kappa shape index (κ3) is 2.36. The lowest BCUT2D eigenvalue weighted by Crippen LogP contribution is -1.69. The van der Waals surface area contributed by atoms with E-state index >= 15 is 0 Å². The molecule has 1 aromatic heterocycles. The van der Waals surface area contributed by atoms with Crippen LogP contribution in [0.5, 0.6) is 0 Å². The van der Waals surface area contributed by atoms with Crippen molar-refractivity contribution in [3.05, 3.63) is 34.5 Å². The normalized spacial score (nSPS) is 10.9. The molecule has 1 rings (SSSR count). The monoisotopic (exact) mass is 152 g/mol. The van der Waals surface area contributed by atoms with Crippen LogP contribution in [0.3, 0.4) is 0 Å². The first-order valence-electron chi connectivity index (χ1n) is 3.61. The Labute approximate surface area is 66.2 Å². The molecule has 0 fully saturated rings. The molecule has 0 spiro atoms. The molecule has 1 heterocycles. The van der Waals surface area contributed by atoms with Gasteiger partial charge in [-0.05, 0) is 24.3 Å². The van der Waals surface area contributed by atoms with Gasteiger partial charge in [0.15, 0.2) is 0 Å². The lowest BCUT2D eigenvalue weighted by atomic mass is 10.3. The summed E-state index contributed by atoms with van der Waals surface area (Å²) >= 11 is 1.82. The number of hydrogen-bond donors (Lipinski definition) is 0. The minimum atomic E-state index is 1.10. The van der Waals surface area contributed by atoms with E-state index in [9.17, 15) is 0 Å². The fourth-order valence-corrected chi connectivity index (χ4v) is 1.48. The first kappa shape index (κ1) is 7.55. The minimum absolute atomic E-state index is 1.10. The van der Waals surface area contributed by atoms with Crippen LogP contribution in [0.2, 0.25) is 0 Å². The van der Waals surface area contributed by atoms with Crippen molar-refractivity contribution >= 4 is 11.3 Å². The first-order valence-corrected chi connectivity index (χ1v) is 4.49. The highest BCUT2D eigenvalue weighted by molar-refractivity contribution is 7.09. The molecule has 0 aliphatic rings. The molecule has 1 aromatic rings.